The number of carbonyl (C=O) groups is 2. The number of nitrogens with one attached hydrogen (secondary N) is 1. The molecule has 2 N–H and O–H groups in total. The van der Waals surface area contributed by atoms with Gasteiger partial charge in [0.1, 0.15) is 5.69 Å². The Morgan fingerprint density at radius 3 is 2.58 bits per heavy atom. The van der Waals surface area contributed by atoms with Gasteiger partial charge in [0.2, 0.25) is 11.8 Å². The maximum absolute atomic E-state index is 13.1. The second-order valence-electron chi connectivity index (χ2n) is 9.36. The third-order valence-corrected chi connectivity index (χ3v) is 9.04. The Balaban J connectivity index is 1.18. The zero-order valence-corrected chi connectivity index (χ0v) is 23.4. The molecule has 0 saturated carbocycles. The minimum atomic E-state index is -0.226. The summed E-state index contributed by atoms with van der Waals surface area (Å²) >= 11 is 8.00. The number of carbonyl (C=O) groups excluding carboxylic acids is 2. The first-order valence-electron chi connectivity index (χ1n) is 12.5. The average molecular weight is 565 g/mol. The normalized spacial score (nSPS) is 14.0. The molecule has 1 saturated heterocycles. The Morgan fingerprint density at radius 1 is 1.11 bits per heavy atom. The van der Waals surface area contributed by atoms with Gasteiger partial charge in [-0.2, -0.15) is 0 Å². The standard InChI is InChI=1S/C28H28N4O3S3/c1-18-7-8-22(21(15-18)19-5-3-2-4-6-19)29-26(35)23-16-37-27(30-23)20-9-12-31(13-10-20)24(33)11-14-32-25(34)17-38-28(32)36/h2-8,15-17,20,34H,9-14H2,1H3,(H,29,35). The largest absolute Gasteiger partial charge is 0.494 e. The topological polar surface area (TPSA) is 87.5 Å². The van der Waals surface area contributed by atoms with E-state index in [0.717, 1.165) is 40.2 Å². The number of hydrogen-bond acceptors (Lipinski definition) is 7. The summed E-state index contributed by atoms with van der Waals surface area (Å²) < 4.78 is 2.16. The number of rotatable bonds is 7. The number of aryl methyl sites for hydroxylation is 1. The van der Waals surface area contributed by atoms with Crippen molar-refractivity contribution in [3.63, 3.8) is 0 Å². The molecule has 2 aromatic carbocycles. The third-order valence-electron chi connectivity index (χ3n) is 6.77. The second-order valence-corrected chi connectivity index (χ2v) is 11.7. The van der Waals surface area contributed by atoms with E-state index in [1.165, 1.54) is 22.7 Å². The summed E-state index contributed by atoms with van der Waals surface area (Å²) in [5, 5.41) is 17.2. The van der Waals surface area contributed by atoms with E-state index in [0.29, 0.717) is 35.7 Å². The summed E-state index contributed by atoms with van der Waals surface area (Å²) in [7, 11) is 0. The maximum Gasteiger partial charge on any atom is 0.275 e. The summed E-state index contributed by atoms with van der Waals surface area (Å²) in [6.07, 6.45) is 1.91. The van der Waals surface area contributed by atoms with Gasteiger partial charge in [-0.15, -0.1) is 22.7 Å². The molecular formula is C28H28N4O3S3. The number of nitrogens with zero attached hydrogens (tertiary/aromatic N) is 3. The number of likely N-dealkylation sites (tertiary alicyclic amines) is 1. The van der Waals surface area contributed by atoms with Crippen LogP contribution >= 0.6 is 34.9 Å². The monoisotopic (exact) mass is 564 g/mol. The molecule has 0 aliphatic carbocycles. The van der Waals surface area contributed by atoms with Crippen molar-refractivity contribution in [3.05, 3.63) is 79.5 Å². The van der Waals surface area contributed by atoms with E-state index in [1.54, 1.807) is 9.95 Å². The molecule has 2 aromatic heterocycles. The van der Waals surface area contributed by atoms with Crippen molar-refractivity contribution in [1.82, 2.24) is 14.5 Å². The van der Waals surface area contributed by atoms with Crippen LogP contribution < -0.4 is 5.32 Å². The van der Waals surface area contributed by atoms with Gasteiger partial charge in [0.25, 0.3) is 5.91 Å². The number of aromatic nitrogens is 2. The van der Waals surface area contributed by atoms with Crippen LogP contribution in [0.25, 0.3) is 11.1 Å². The molecular weight excluding hydrogens is 537 g/mol. The van der Waals surface area contributed by atoms with Gasteiger partial charge in [-0.25, -0.2) is 4.98 Å². The highest BCUT2D eigenvalue weighted by Crippen LogP contribution is 2.32. The minimum absolute atomic E-state index is 0.0578. The van der Waals surface area contributed by atoms with Crippen LogP contribution in [-0.4, -0.2) is 44.5 Å². The van der Waals surface area contributed by atoms with E-state index in [9.17, 15) is 14.7 Å². The maximum atomic E-state index is 13.1. The zero-order valence-electron chi connectivity index (χ0n) is 20.9. The predicted octanol–water partition coefficient (Wildman–Crippen LogP) is 6.47. The van der Waals surface area contributed by atoms with E-state index < -0.39 is 0 Å². The van der Waals surface area contributed by atoms with Gasteiger partial charge in [-0.3, -0.25) is 14.2 Å². The highest BCUT2D eigenvalue weighted by atomic mass is 32.1. The van der Waals surface area contributed by atoms with Crippen LogP contribution in [0.2, 0.25) is 0 Å². The molecule has 0 unspecified atom stereocenters. The fourth-order valence-corrected chi connectivity index (χ4v) is 6.61. The molecule has 7 nitrogen and oxygen atoms in total. The lowest BCUT2D eigenvalue weighted by Crippen LogP contribution is -2.38. The van der Waals surface area contributed by atoms with Gasteiger partial charge in [0, 0.05) is 48.6 Å². The van der Waals surface area contributed by atoms with Crippen LogP contribution in [0.3, 0.4) is 0 Å². The Labute approximate surface area is 234 Å². The van der Waals surface area contributed by atoms with Crippen molar-refractivity contribution >= 4 is 52.4 Å². The van der Waals surface area contributed by atoms with Crippen molar-refractivity contribution in [2.24, 2.45) is 0 Å². The van der Waals surface area contributed by atoms with Crippen molar-refractivity contribution in [2.45, 2.75) is 38.6 Å². The first-order chi connectivity index (χ1) is 18.4. The Hall–Kier alpha value is -3.34. The predicted molar refractivity (Wildman–Crippen MR) is 155 cm³/mol. The first kappa shape index (κ1) is 26.3. The number of hydrogen-bond donors (Lipinski definition) is 2. The van der Waals surface area contributed by atoms with Crippen molar-refractivity contribution in [3.8, 4) is 17.0 Å². The molecule has 196 valence electrons. The molecule has 4 aromatic rings. The van der Waals surface area contributed by atoms with Crippen LogP contribution in [0.4, 0.5) is 5.69 Å². The Kier molecular flexibility index (Phi) is 8.01. The minimum Gasteiger partial charge on any atom is -0.494 e. The van der Waals surface area contributed by atoms with Gasteiger partial charge in [-0.1, -0.05) is 42.0 Å². The van der Waals surface area contributed by atoms with Gasteiger partial charge >= 0.3 is 0 Å². The van der Waals surface area contributed by atoms with E-state index in [1.807, 2.05) is 59.7 Å². The molecule has 0 radical (unpaired) electrons. The fraction of sp³-hybridized carbons (Fsp3) is 0.286. The quantitative estimate of drug-likeness (QED) is 0.251. The van der Waals surface area contributed by atoms with Crippen LogP contribution in [0.1, 0.15) is 46.2 Å². The van der Waals surface area contributed by atoms with E-state index in [2.05, 4.69) is 16.4 Å². The van der Waals surface area contributed by atoms with Crippen molar-refractivity contribution in [2.75, 3.05) is 18.4 Å². The molecule has 10 heteroatoms. The number of anilines is 1. The Morgan fingerprint density at radius 2 is 1.87 bits per heavy atom. The number of aromatic hydroxyl groups is 1. The molecule has 1 fully saturated rings. The van der Waals surface area contributed by atoms with Gasteiger partial charge in [-0.05, 0) is 49.7 Å². The zero-order chi connectivity index (χ0) is 26.6. The van der Waals surface area contributed by atoms with E-state index in [4.69, 9.17) is 12.2 Å². The second kappa shape index (κ2) is 11.6. The lowest BCUT2D eigenvalue weighted by atomic mass is 9.97. The molecule has 0 atom stereocenters. The van der Waals surface area contributed by atoms with Crippen molar-refractivity contribution < 1.29 is 14.7 Å². The fourth-order valence-electron chi connectivity index (χ4n) is 4.66. The number of piperidine rings is 1. The average Bonchev–Trinajstić information content (AvgIpc) is 3.56. The molecule has 38 heavy (non-hydrogen) atoms. The smallest absolute Gasteiger partial charge is 0.275 e. The molecule has 1 aliphatic rings. The molecule has 0 bridgehead atoms. The molecule has 1 aliphatic heterocycles. The van der Waals surface area contributed by atoms with Crippen molar-refractivity contribution in [1.29, 1.82) is 0 Å². The number of amides is 2. The molecule has 5 rings (SSSR count). The Bertz CT molecular complexity index is 1500. The van der Waals surface area contributed by atoms with Crippen LogP contribution in [-0.2, 0) is 11.3 Å². The summed E-state index contributed by atoms with van der Waals surface area (Å²) in [6.45, 7) is 3.71. The van der Waals surface area contributed by atoms with Crippen LogP contribution in [0.5, 0.6) is 5.88 Å². The number of benzene rings is 2. The highest BCUT2D eigenvalue weighted by Gasteiger charge is 2.26. The summed E-state index contributed by atoms with van der Waals surface area (Å²) in [5.41, 5.74) is 4.31. The van der Waals surface area contributed by atoms with Gasteiger partial charge < -0.3 is 15.3 Å². The van der Waals surface area contributed by atoms with Crippen LogP contribution in [0.15, 0.2) is 59.3 Å². The van der Waals surface area contributed by atoms with E-state index in [-0.39, 0.29) is 23.6 Å². The molecule has 3 heterocycles. The first-order valence-corrected chi connectivity index (χ1v) is 14.6. The summed E-state index contributed by atoms with van der Waals surface area (Å²) in [4.78, 5) is 32.3. The van der Waals surface area contributed by atoms with E-state index >= 15 is 0 Å². The molecule has 0 spiro atoms. The lowest BCUT2D eigenvalue weighted by molar-refractivity contribution is -0.132. The van der Waals surface area contributed by atoms with Gasteiger partial charge in [0.05, 0.1) is 10.4 Å². The van der Waals surface area contributed by atoms with Crippen LogP contribution in [0, 0.1) is 10.9 Å². The third kappa shape index (κ3) is 5.87. The molecule has 2 amide bonds. The lowest BCUT2D eigenvalue weighted by Gasteiger charge is -2.31. The summed E-state index contributed by atoms with van der Waals surface area (Å²) in [5.74, 6) is 0.159. The number of thiazole rings is 2. The highest BCUT2D eigenvalue weighted by molar-refractivity contribution is 7.73. The SMILES string of the molecule is Cc1ccc(NC(=O)c2csc(C3CCN(C(=O)CCn4c(O)csc4=S)CC3)n2)c(-c2ccccc2)c1. The summed E-state index contributed by atoms with van der Waals surface area (Å²) in [6, 6.07) is 16.0. The van der Waals surface area contributed by atoms with Gasteiger partial charge in [0.15, 0.2) is 3.95 Å².